The number of rotatable bonds is 8. The summed E-state index contributed by atoms with van der Waals surface area (Å²) in [6.07, 6.45) is -0.308. The molecule has 0 aliphatic rings. The van der Waals surface area contributed by atoms with Crippen molar-refractivity contribution in [1.29, 1.82) is 0 Å². The van der Waals surface area contributed by atoms with Crippen molar-refractivity contribution in [3.8, 4) is 0 Å². The van der Waals surface area contributed by atoms with Gasteiger partial charge in [0, 0.05) is 18.6 Å². The van der Waals surface area contributed by atoms with Crippen molar-refractivity contribution in [2.24, 2.45) is 0 Å². The summed E-state index contributed by atoms with van der Waals surface area (Å²) >= 11 is 0. The first kappa shape index (κ1) is 20.5. The summed E-state index contributed by atoms with van der Waals surface area (Å²) in [7, 11) is 0. The van der Waals surface area contributed by atoms with Crippen LogP contribution in [0.5, 0.6) is 0 Å². The van der Waals surface area contributed by atoms with Gasteiger partial charge in [0.1, 0.15) is 13.0 Å². The smallest absolute Gasteiger partial charge is 0.317 e. The van der Waals surface area contributed by atoms with Crippen molar-refractivity contribution in [2.75, 3.05) is 19.8 Å². The lowest BCUT2D eigenvalue weighted by Crippen LogP contribution is -2.39. The molecule has 5 nitrogen and oxygen atoms in total. The molecular weight excluding hydrogens is 270 g/mol. The van der Waals surface area contributed by atoms with Crippen molar-refractivity contribution < 1.29 is 19.1 Å². The second-order valence-corrected chi connectivity index (χ2v) is 4.63. The highest BCUT2D eigenvalue weighted by Crippen LogP contribution is 2.04. The van der Waals surface area contributed by atoms with E-state index in [1.54, 1.807) is 6.92 Å². The van der Waals surface area contributed by atoms with Gasteiger partial charge in [0.2, 0.25) is 0 Å². The van der Waals surface area contributed by atoms with Crippen LogP contribution in [0.3, 0.4) is 0 Å². The average Bonchev–Trinajstić information content (AvgIpc) is 2.23. The van der Waals surface area contributed by atoms with Crippen molar-refractivity contribution in [3.05, 3.63) is 0 Å². The van der Waals surface area contributed by atoms with Crippen molar-refractivity contribution >= 4 is 24.3 Å². The molecule has 0 saturated carbocycles. The Morgan fingerprint density at radius 1 is 1.00 bits per heavy atom. The molecule has 0 saturated heterocycles. The molecule has 0 rings (SSSR count). The summed E-state index contributed by atoms with van der Waals surface area (Å²) in [5, 5.41) is 0. The summed E-state index contributed by atoms with van der Waals surface area (Å²) in [4.78, 5) is 24.6. The van der Waals surface area contributed by atoms with Crippen molar-refractivity contribution in [1.82, 2.24) is 4.90 Å². The number of esters is 2. The zero-order valence-corrected chi connectivity index (χ0v) is 13.3. The van der Waals surface area contributed by atoms with E-state index < -0.39 is 11.9 Å². The Morgan fingerprint density at radius 2 is 1.47 bits per heavy atom. The monoisotopic (exact) mass is 295 g/mol. The highest BCUT2D eigenvalue weighted by atomic mass is 35.5. The van der Waals surface area contributed by atoms with E-state index in [4.69, 9.17) is 4.74 Å². The Morgan fingerprint density at radius 3 is 1.89 bits per heavy atom. The zero-order valence-electron chi connectivity index (χ0n) is 12.5. The molecule has 0 aromatic heterocycles. The van der Waals surface area contributed by atoms with E-state index in [1.165, 1.54) is 0 Å². The van der Waals surface area contributed by atoms with E-state index in [1.807, 2.05) is 0 Å². The highest BCUT2D eigenvalue weighted by Gasteiger charge is 2.15. The largest absolute Gasteiger partial charge is 0.466 e. The van der Waals surface area contributed by atoms with Crippen LogP contribution in [0.1, 0.15) is 41.0 Å². The van der Waals surface area contributed by atoms with Crippen LogP contribution < -0.4 is 0 Å². The molecule has 0 aliphatic carbocycles. The van der Waals surface area contributed by atoms with Gasteiger partial charge < -0.3 is 9.47 Å². The third-order valence-electron chi connectivity index (χ3n) is 2.53. The summed E-state index contributed by atoms with van der Waals surface area (Å²) in [6.45, 7) is 11.3. The lowest BCUT2D eigenvalue weighted by Gasteiger charge is -2.30. The lowest BCUT2D eigenvalue weighted by atomic mass is 10.2. The molecule has 19 heavy (non-hydrogen) atoms. The van der Waals surface area contributed by atoms with Gasteiger partial charge in [-0.2, -0.15) is 0 Å². The van der Waals surface area contributed by atoms with E-state index in [0.29, 0.717) is 25.2 Å². The summed E-state index contributed by atoms with van der Waals surface area (Å²) in [5.41, 5.74) is 0. The predicted molar refractivity (Wildman–Crippen MR) is 76.4 cm³/mol. The van der Waals surface area contributed by atoms with Gasteiger partial charge in [-0.25, -0.2) is 0 Å². The van der Waals surface area contributed by atoms with Gasteiger partial charge in [-0.3, -0.25) is 14.5 Å². The van der Waals surface area contributed by atoms with E-state index in [9.17, 15) is 9.59 Å². The second-order valence-electron chi connectivity index (χ2n) is 4.63. The van der Waals surface area contributed by atoms with Gasteiger partial charge in [0.25, 0.3) is 0 Å². The molecule has 0 amide bonds. The zero-order chi connectivity index (χ0) is 14.1. The van der Waals surface area contributed by atoms with Crippen molar-refractivity contribution in [3.63, 3.8) is 0 Å². The first-order chi connectivity index (χ1) is 8.38. The van der Waals surface area contributed by atoms with Crippen LogP contribution in [0.4, 0.5) is 0 Å². The van der Waals surface area contributed by atoms with E-state index in [0.717, 1.165) is 0 Å². The third kappa shape index (κ3) is 9.73. The number of carbonyl (C=O) groups excluding carboxylic acids is 2. The first-order valence-electron chi connectivity index (χ1n) is 6.45. The molecule has 0 aromatic carbocycles. The molecule has 6 heteroatoms. The van der Waals surface area contributed by atoms with E-state index >= 15 is 0 Å². The maximum atomic E-state index is 11.3. The van der Waals surface area contributed by atoms with Crippen LogP contribution in [0.15, 0.2) is 0 Å². The minimum absolute atomic E-state index is 0. The maximum Gasteiger partial charge on any atom is 0.317 e. The molecule has 0 aromatic rings. The van der Waals surface area contributed by atoms with Crippen molar-refractivity contribution in [2.45, 2.75) is 53.1 Å². The van der Waals surface area contributed by atoms with Crippen LogP contribution in [0, 0.1) is 0 Å². The van der Waals surface area contributed by atoms with Gasteiger partial charge in [0.15, 0.2) is 0 Å². The third-order valence-corrected chi connectivity index (χ3v) is 2.53. The number of carbonyl (C=O) groups is 2. The number of hydrogen-bond donors (Lipinski definition) is 0. The highest BCUT2D eigenvalue weighted by molar-refractivity contribution is 5.91. The number of hydrogen-bond acceptors (Lipinski definition) is 5. The summed E-state index contributed by atoms with van der Waals surface area (Å²) in [5.74, 6) is -1.06. The van der Waals surface area contributed by atoms with E-state index in [2.05, 4.69) is 37.3 Å². The summed E-state index contributed by atoms with van der Waals surface area (Å²) < 4.78 is 9.67. The number of halogens is 1. The fourth-order valence-corrected chi connectivity index (χ4v) is 1.76. The quantitative estimate of drug-likeness (QED) is 0.506. The fraction of sp³-hybridized carbons (Fsp3) is 0.846. The van der Waals surface area contributed by atoms with Crippen LogP contribution in [0.2, 0.25) is 0 Å². The molecule has 0 radical (unpaired) electrons. The average molecular weight is 296 g/mol. The van der Waals surface area contributed by atoms with Gasteiger partial charge in [-0.05, 0) is 34.6 Å². The SMILES string of the molecule is CCOC(=O)CC(=O)OCCN(C(C)C)C(C)C.Cl. The van der Waals surface area contributed by atoms with Gasteiger partial charge in [-0.15, -0.1) is 12.4 Å². The van der Waals surface area contributed by atoms with Crippen LogP contribution in [-0.4, -0.2) is 48.7 Å². The predicted octanol–water partition coefficient (Wildman–Crippen LogP) is 2.02. The second kappa shape index (κ2) is 11.1. The van der Waals surface area contributed by atoms with Crippen LogP contribution >= 0.6 is 12.4 Å². The molecule has 0 fully saturated rings. The molecule has 0 atom stereocenters. The molecule has 0 unspecified atom stereocenters. The number of nitrogens with zero attached hydrogens (tertiary/aromatic N) is 1. The molecule has 0 spiro atoms. The molecule has 0 heterocycles. The standard InChI is InChI=1S/C13H25NO4.ClH/c1-6-17-12(15)9-13(16)18-8-7-14(10(2)3)11(4)5;/h10-11H,6-9H2,1-5H3;1H. The first-order valence-corrected chi connectivity index (χ1v) is 6.45. The fourth-order valence-electron chi connectivity index (χ4n) is 1.76. The Hall–Kier alpha value is -0.810. The normalized spacial score (nSPS) is 10.5. The summed E-state index contributed by atoms with van der Waals surface area (Å²) in [6, 6.07) is 0.794. The molecule has 0 bridgehead atoms. The van der Waals surface area contributed by atoms with Gasteiger partial charge >= 0.3 is 11.9 Å². The topological polar surface area (TPSA) is 55.8 Å². The van der Waals surface area contributed by atoms with E-state index in [-0.39, 0.29) is 25.4 Å². The van der Waals surface area contributed by atoms with Gasteiger partial charge in [-0.1, -0.05) is 0 Å². The lowest BCUT2D eigenvalue weighted by molar-refractivity contribution is -0.154. The Bertz CT molecular complexity index is 261. The Labute approximate surface area is 122 Å². The maximum absolute atomic E-state index is 11.3. The Kier molecular flexibility index (Phi) is 11.9. The van der Waals surface area contributed by atoms with Gasteiger partial charge in [0.05, 0.1) is 6.61 Å². The van der Waals surface area contributed by atoms with Crippen LogP contribution in [-0.2, 0) is 19.1 Å². The minimum Gasteiger partial charge on any atom is -0.466 e. The molecule has 114 valence electrons. The molecule has 0 aliphatic heterocycles. The Balaban J connectivity index is 0. The molecule has 0 N–H and O–H groups in total. The number of ether oxygens (including phenoxy) is 2. The minimum atomic E-state index is -0.535. The molecular formula is C13H26ClNO4. The van der Waals surface area contributed by atoms with Crippen LogP contribution in [0.25, 0.3) is 0 Å².